The summed E-state index contributed by atoms with van der Waals surface area (Å²) in [6, 6.07) is 0. The fraction of sp³-hybridized carbons (Fsp3) is 0.861. The van der Waals surface area contributed by atoms with E-state index in [4.69, 9.17) is 5.73 Å². The molecule has 40 heavy (non-hydrogen) atoms. The predicted molar refractivity (Wildman–Crippen MR) is 175 cm³/mol. The molecule has 0 saturated carbocycles. The molecule has 0 aliphatic carbocycles. The molecule has 4 nitrogen and oxygen atoms in total. The van der Waals surface area contributed by atoms with Gasteiger partial charge >= 0.3 is 0 Å². The minimum Gasteiger partial charge on any atom is -0.396 e. The number of Topliss-reactive ketones (excluding diaryl/α,β-unsaturated/α-hetero) is 1. The first-order chi connectivity index (χ1) is 19.7. The van der Waals surface area contributed by atoms with E-state index in [1.54, 1.807) is 0 Å². The van der Waals surface area contributed by atoms with Crippen molar-refractivity contribution >= 4 is 5.78 Å². The fourth-order valence-electron chi connectivity index (χ4n) is 5.38. The Balaban J connectivity index is 3.62. The number of rotatable bonds is 32. The van der Waals surface area contributed by atoms with E-state index in [9.17, 15) is 15.0 Å². The molecule has 0 fully saturated rings. The Bertz CT molecular complexity index is 574. The van der Waals surface area contributed by atoms with Gasteiger partial charge in [-0.2, -0.15) is 0 Å². The molecule has 236 valence electrons. The Morgan fingerprint density at radius 2 is 1.07 bits per heavy atom. The monoisotopic (exact) mass is 564 g/mol. The van der Waals surface area contributed by atoms with Gasteiger partial charge in [-0.05, 0) is 57.9 Å². The van der Waals surface area contributed by atoms with Crippen LogP contribution in [0, 0.1) is 5.92 Å². The van der Waals surface area contributed by atoms with Crippen molar-refractivity contribution in [3.8, 4) is 0 Å². The number of nitrogens with two attached hydrogens (primary N) is 1. The highest BCUT2D eigenvalue weighted by molar-refractivity contribution is 5.81. The van der Waals surface area contributed by atoms with Gasteiger partial charge in [-0.15, -0.1) is 0 Å². The second kappa shape index (κ2) is 32.5. The van der Waals surface area contributed by atoms with Gasteiger partial charge in [0.05, 0.1) is 18.6 Å². The summed E-state index contributed by atoms with van der Waals surface area (Å²) in [6.07, 6.45) is 38.7. The lowest BCUT2D eigenvalue weighted by atomic mass is 9.91. The van der Waals surface area contributed by atoms with Crippen molar-refractivity contribution in [3.63, 3.8) is 0 Å². The van der Waals surface area contributed by atoms with Crippen molar-refractivity contribution in [3.05, 3.63) is 24.3 Å². The minimum atomic E-state index is -0.694. The lowest BCUT2D eigenvalue weighted by molar-refractivity contribution is -0.128. The van der Waals surface area contributed by atoms with E-state index in [0.717, 1.165) is 51.5 Å². The van der Waals surface area contributed by atoms with E-state index < -0.39 is 12.0 Å². The van der Waals surface area contributed by atoms with E-state index in [-0.39, 0.29) is 12.4 Å². The van der Waals surface area contributed by atoms with E-state index in [1.165, 1.54) is 109 Å². The molecule has 0 spiro atoms. The summed E-state index contributed by atoms with van der Waals surface area (Å²) in [5.74, 6) is -0.554. The first-order valence-corrected chi connectivity index (χ1v) is 17.5. The number of aliphatic hydroxyl groups is 2. The number of hydrogen-bond acceptors (Lipinski definition) is 4. The van der Waals surface area contributed by atoms with Crippen LogP contribution in [0.4, 0.5) is 0 Å². The topological polar surface area (TPSA) is 83.5 Å². The summed E-state index contributed by atoms with van der Waals surface area (Å²) in [5, 5.41) is 20.2. The molecule has 2 unspecified atom stereocenters. The summed E-state index contributed by atoms with van der Waals surface area (Å²) in [7, 11) is 0. The van der Waals surface area contributed by atoms with Crippen LogP contribution < -0.4 is 5.73 Å². The van der Waals surface area contributed by atoms with Crippen LogP contribution in [0.2, 0.25) is 0 Å². The van der Waals surface area contributed by atoms with Crippen LogP contribution >= 0.6 is 0 Å². The summed E-state index contributed by atoms with van der Waals surface area (Å²) in [5.41, 5.74) is 5.53. The third kappa shape index (κ3) is 27.2. The van der Waals surface area contributed by atoms with Crippen molar-refractivity contribution in [2.45, 2.75) is 180 Å². The molecule has 0 aliphatic rings. The van der Waals surface area contributed by atoms with Crippen molar-refractivity contribution in [1.29, 1.82) is 0 Å². The van der Waals surface area contributed by atoms with E-state index in [0.29, 0.717) is 12.8 Å². The predicted octanol–water partition coefficient (Wildman–Crippen LogP) is 9.76. The maximum absolute atomic E-state index is 12.6. The minimum absolute atomic E-state index is 0.0417. The number of aliphatic hydroxyl groups excluding tert-OH is 2. The molecule has 0 heterocycles. The largest absolute Gasteiger partial charge is 0.396 e. The lowest BCUT2D eigenvalue weighted by Gasteiger charge is -2.19. The molecule has 0 rings (SSSR count). The molecule has 2 atom stereocenters. The quantitative estimate of drug-likeness (QED) is 0.0562. The summed E-state index contributed by atoms with van der Waals surface area (Å²) < 4.78 is 0. The maximum Gasteiger partial charge on any atom is 0.140 e. The molecular formula is C36H69NO3. The number of carbonyl (C=O) groups is 1. The first kappa shape index (κ1) is 39.0. The smallest absolute Gasteiger partial charge is 0.140 e. The summed E-state index contributed by atoms with van der Waals surface area (Å²) >= 11 is 0. The van der Waals surface area contributed by atoms with Gasteiger partial charge in [0.1, 0.15) is 5.78 Å². The summed E-state index contributed by atoms with van der Waals surface area (Å²) in [4.78, 5) is 12.6. The number of unbranched alkanes of at least 4 members (excludes halogenated alkanes) is 20. The molecule has 0 aromatic rings. The molecule has 0 amide bonds. The van der Waals surface area contributed by atoms with Crippen LogP contribution in [0.3, 0.4) is 0 Å². The number of allylic oxidation sites excluding steroid dienone is 4. The van der Waals surface area contributed by atoms with Crippen molar-refractivity contribution < 1.29 is 15.0 Å². The highest BCUT2D eigenvalue weighted by Gasteiger charge is 2.25. The number of hydrogen-bond donors (Lipinski definition) is 3. The number of ketones is 1. The van der Waals surface area contributed by atoms with Crippen molar-refractivity contribution in [2.75, 3.05) is 13.2 Å². The Morgan fingerprint density at radius 1 is 0.625 bits per heavy atom. The Morgan fingerprint density at radius 3 is 1.57 bits per heavy atom. The second-order valence-corrected chi connectivity index (χ2v) is 12.0. The third-order valence-corrected chi connectivity index (χ3v) is 8.15. The fourth-order valence-corrected chi connectivity index (χ4v) is 5.38. The molecule has 0 radical (unpaired) electrons. The molecule has 0 aromatic carbocycles. The second-order valence-electron chi connectivity index (χ2n) is 12.0. The standard InChI is InChI=1S/C36H69NO3/c1-2-3-4-5-6-7-8-9-10-12-15-18-21-24-27-30-35(39)34(33-38)36(40)31-28-25-22-19-16-13-11-14-17-20-23-26-29-32-37/h6-7,9-10,34,36,38,40H,2-5,8,11-33,37H2,1H3. The van der Waals surface area contributed by atoms with Crippen LogP contribution in [0.5, 0.6) is 0 Å². The van der Waals surface area contributed by atoms with Crippen LogP contribution in [0.1, 0.15) is 174 Å². The highest BCUT2D eigenvalue weighted by Crippen LogP contribution is 2.18. The van der Waals surface area contributed by atoms with Gasteiger partial charge in [0.15, 0.2) is 0 Å². The van der Waals surface area contributed by atoms with Gasteiger partial charge in [0.2, 0.25) is 0 Å². The third-order valence-electron chi connectivity index (χ3n) is 8.15. The molecule has 0 bridgehead atoms. The van der Waals surface area contributed by atoms with Crippen molar-refractivity contribution in [2.24, 2.45) is 11.7 Å². The number of carbonyl (C=O) groups excluding carboxylic acids is 1. The zero-order valence-corrected chi connectivity index (χ0v) is 26.6. The molecule has 4 N–H and O–H groups in total. The van der Waals surface area contributed by atoms with Gasteiger partial charge < -0.3 is 15.9 Å². The molecule has 4 heteroatoms. The molecule has 0 aromatic heterocycles. The van der Waals surface area contributed by atoms with E-state index in [1.807, 2.05) is 0 Å². The van der Waals surface area contributed by atoms with Crippen molar-refractivity contribution in [1.82, 2.24) is 0 Å². The highest BCUT2D eigenvalue weighted by atomic mass is 16.3. The Labute approximate surface area is 249 Å². The SMILES string of the molecule is CCCCCC=CCC=CCCCCCCCC(=O)C(CO)C(O)CCCCCCCCCCCCCCCN. The van der Waals surface area contributed by atoms with E-state index >= 15 is 0 Å². The van der Waals surface area contributed by atoms with Gasteiger partial charge in [-0.1, -0.05) is 140 Å². The average molecular weight is 564 g/mol. The Kier molecular flexibility index (Phi) is 31.8. The van der Waals surface area contributed by atoms with Crippen LogP contribution in [-0.2, 0) is 4.79 Å². The summed E-state index contributed by atoms with van der Waals surface area (Å²) in [6.45, 7) is 2.84. The zero-order valence-electron chi connectivity index (χ0n) is 26.6. The lowest BCUT2D eigenvalue weighted by Crippen LogP contribution is -2.31. The normalized spacial score (nSPS) is 13.5. The van der Waals surface area contributed by atoms with Gasteiger partial charge in [-0.25, -0.2) is 0 Å². The zero-order chi connectivity index (χ0) is 29.4. The molecular weight excluding hydrogens is 494 g/mol. The van der Waals surface area contributed by atoms with Gasteiger partial charge in [-0.3, -0.25) is 4.79 Å². The van der Waals surface area contributed by atoms with Gasteiger partial charge in [0.25, 0.3) is 0 Å². The molecule has 0 saturated heterocycles. The molecule has 0 aliphatic heterocycles. The van der Waals surface area contributed by atoms with Crippen LogP contribution in [0.25, 0.3) is 0 Å². The van der Waals surface area contributed by atoms with E-state index in [2.05, 4.69) is 31.2 Å². The average Bonchev–Trinajstić information content (AvgIpc) is 2.95. The first-order valence-electron chi connectivity index (χ1n) is 17.5. The van der Waals surface area contributed by atoms with Crippen LogP contribution in [-0.4, -0.2) is 35.3 Å². The van der Waals surface area contributed by atoms with Gasteiger partial charge in [0, 0.05) is 6.42 Å². The Hall–Kier alpha value is -0.970. The van der Waals surface area contributed by atoms with Crippen LogP contribution in [0.15, 0.2) is 24.3 Å². The maximum atomic E-state index is 12.6.